The van der Waals surface area contributed by atoms with Gasteiger partial charge in [-0.3, -0.25) is 4.79 Å². The van der Waals surface area contributed by atoms with Crippen LogP contribution in [0.5, 0.6) is 0 Å². The maximum Gasteiger partial charge on any atom is 0.221 e. The van der Waals surface area contributed by atoms with Crippen molar-refractivity contribution in [3.05, 3.63) is 72.9 Å². The van der Waals surface area contributed by atoms with Gasteiger partial charge in [-0.25, -0.2) is 0 Å². The van der Waals surface area contributed by atoms with Crippen molar-refractivity contribution in [2.45, 2.75) is 58.3 Å². The monoisotopic (exact) mass is 346 g/mol. The van der Waals surface area contributed by atoms with E-state index in [1.165, 1.54) is 0 Å². The van der Waals surface area contributed by atoms with E-state index in [0.29, 0.717) is 6.42 Å². The highest BCUT2D eigenvalue weighted by molar-refractivity contribution is 6.63. The van der Waals surface area contributed by atoms with Crippen LogP contribution in [-0.2, 0) is 4.79 Å². The first kappa shape index (κ1) is 22.4. The zero-order valence-corrected chi connectivity index (χ0v) is 15.6. The van der Waals surface area contributed by atoms with Crippen molar-refractivity contribution in [2.75, 3.05) is 0 Å². The van der Waals surface area contributed by atoms with E-state index in [1.807, 2.05) is 6.08 Å². The lowest BCUT2D eigenvalue weighted by Gasteiger charge is -1.87. The van der Waals surface area contributed by atoms with Crippen LogP contribution in [0.15, 0.2) is 72.9 Å². The second-order valence-electron chi connectivity index (χ2n) is 5.31. The Balaban J connectivity index is 3.51. The Labute approximate surface area is 153 Å². The van der Waals surface area contributed by atoms with Crippen molar-refractivity contribution >= 4 is 16.8 Å². The maximum absolute atomic E-state index is 10.5. The molecule has 0 aliphatic heterocycles. The Morgan fingerprint density at radius 2 is 0.958 bits per heavy atom. The van der Waals surface area contributed by atoms with E-state index in [9.17, 15) is 4.79 Å². The topological polar surface area (TPSA) is 17.1 Å². The third-order valence-electron chi connectivity index (χ3n) is 3.10. The standard InChI is InChI=1S/C22H31ClO/c1-2-3-4-5-6-7-8-9-10-11-12-13-14-15-16-17-18-19-20-21-22(23)24/h3-4,6-7,9-10,12-13,15-16,18-19H,2,5,8,11,14,17,20-21H2,1H3. The molecule has 0 unspecified atom stereocenters. The first-order chi connectivity index (χ1) is 11.8. The molecule has 24 heavy (non-hydrogen) atoms. The van der Waals surface area contributed by atoms with Crippen LogP contribution >= 0.6 is 11.6 Å². The molecule has 0 aromatic carbocycles. The number of hydrogen-bond acceptors (Lipinski definition) is 1. The third-order valence-corrected chi connectivity index (χ3v) is 3.29. The van der Waals surface area contributed by atoms with Crippen molar-refractivity contribution in [3.8, 4) is 0 Å². The van der Waals surface area contributed by atoms with Gasteiger partial charge in [0.2, 0.25) is 5.24 Å². The molecular formula is C22H31ClO. The normalized spacial score (nSPS) is 13.1. The minimum atomic E-state index is -0.269. The van der Waals surface area contributed by atoms with Crippen molar-refractivity contribution in [2.24, 2.45) is 0 Å². The number of halogens is 1. The Bertz CT molecular complexity index is 464. The van der Waals surface area contributed by atoms with Crippen LogP contribution in [0.2, 0.25) is 0 Å². The lowest BCUT2D eigenvalue weighted by Crippen LogP contribution is -1.81. The lowest BCUT2D eigenvalue weighted by molar-refractivity contribution is -0.111. The minimum absolute atomic E-state index is 0.269. The third kappa shape index (κ3) is 20.4. The van der Waals surface area contributed by atoms with Crippen LogP contribution < -0.4 is 0 Å². The number of rotatable bonds is 14. The van der Waals surface area contributed by atoms with E-state index in [0.717, 1.165) is 44.9 Å². The summed E-state index contributed by atoms with van der Waals surface area (Å²) < 4.78 is 0. The highest BCUT2D eigenvalue weighted by Crippen LogP contribution is 1.99. The average molecular weight is 347 g/mol. The molecule has 1 nitrogen and oxygen atoms in total. The largest absolute Gasteiger partial charge is 0.281 e. The smallest absolute Gasteiger partial charge is 0.221 e. The molecule has 0 bridgehead atoms. The highest BCUT2D eigenvalue weighted by Gasteiger charge is 1.90. The minimum Gasteiger partial charge on any atom is -0.281 e. The van der Waals surface area contributed by atoms with E-state index in [2.05, 4.69) is 73.8 Å². The van der Waals surface area contributed by atoms with Gasteiger partial charge in [0.1, 0.15) is 0 Å². The molecule has 132 valence electrons. The molecule has 0 rings (SSSR count). The SMILES string of the molecule is CCC=CCC=CCC=CCC=CCC=CCC=CCCC(=O)Cl. The van der Waals surface area contributed by atoms with Crippen LogP contribution in [0.25, 0.3) is 0 Å². The molecule has 0 aliphatic rings. The Kier molecular flexibility index (Phi) is 18.2. The number of carbonyl (C=O) groups is 1. The van der Waals surface area contributed by atoms with Gasteiger partial charge >= 0.3 is 0 Å². The predicted octanol–water partition coefficient (Wildman–Crippen LogP) is 7.23. The summed E-state index contributed by atoms with van der Waals surface area (Å²) in [6, 6.07) is 0. The van der Waals surface area contributed by atoms with Gasteiger partial charge in [0.15, 0.2) is 0 Å². The Morgan fingerprint density at radius 1 is 0.625 bits per heavy atom. The molecule has 0 N–H and O–H groups in total. The molecule has 0 aromatic rings. The summed E-state index contributed by atoms with van der Waals surface area (Å²) in [6.45, 7) is 2.15. The van der Waals surface area contributed by atoms with Crippen LogP contribution in [0.3, 0.4) is 0 Å². The Hall–Kier alpha value is -1.60. The summed E-state index contributed by atoms with van der Waals surface area (Å²) in [7, 11) is 0. The van der Waals surface area contributed by atoms with Crippen LogP contribution in [0, 0.1) is 0 Å². The average Bonchev–Trinajstić information content (AvgIpc) is 2.56. The van der Waals surface area contributed by atoms with Crippen LogP contribution in [0.4, 0.5) is 0 Å². The summed E-state index contributed by atoms with van der Waals surface area (Å²) in [6.07, 6.45) is 33.1. The number of allylic oxidation sites excluding steroid dienone is 12. The van der Waals surface area contributed by atoms with Crippen molar-refractivity contribution < 1.29 is 4.79 Å². The fraction of sp³-hybridized carbons (Fsp3) is 0.409. The summed E-state index contributed by atoms with van der Waals surface area (Å²) in [5, 5.41) is -0.269. The van der Waals surface area contributed by atoms with Crippen LogP contribution in [0.1, 0.15) is 58.3 Å². The molecule has 0 radical (unpaired) electrons. The van der Waals surface area contributed by atoms with Crippen molar-refractivity contribution in [1.82, 2.24) is 0 Å². The van der Waals surface area contributed by atoms with Crippen molar-refractivity contribution in [3.63, 3.8) is 0 Å². The van der Waals surface area contributed by atoms with Gasteiger partial charge in [-0.15, -0.1) is 0 Å². The van der Waals surface area contributed by atoms with E-state index in [4.69, 9.17) is 11.6 Å². The number of hydrogen-bond donors (Lipinski definition) is 0. The molecule has 0 aliphatic carbocycles. The quantitative estimate of drug-likeness (QED) is 0.239. The fourth-order valence-corrected chi connectivity index (χ4v) is 1.95. The van der Waals surface area contributed by atoms with Gasteiger partial charge in [-0.1, -0.05) is 79.8 Å². The second-order valence-corrected chi connectivity index (χ2v) is 5.73. The Morgan fingerprint density at radius 3 is 1.29 bits per heavy atom. The summed E-state index contributed by atoms with van der Waals surface area (Å²) in [4.78, 5) is 10.5. The van der Waals surface area contributed by atoms with Gasteiger partial charge in [-0.05, 0) is 56.5 Å². The zero-order valence-electron chi connectivity index (χ0n) is 14.9. The molecule has 0 atom stereocenters. The summed E-state index contributed by atoms with van der Waals surface area (Å²) in [5.74, 6) is 0. The maximum atomic E-state index is 10.5. The van der Waals surface area contributed by atoms with Gasteiger partial charge in [0.25, 0.3) is 0 Å². The van der Waals surface area contributed by atoms with E-state index >= 15 is 0 Å². The molecule has 0 aromatic heterocycles. The molecule has 0 spiro atoms. The molecule has 0 amide bonds. The zero-order chi connectivity index (χ0) is 17.7. The molecule has 2 heteroatoms. The summed E-state index contributed by atoms with van der Waals surface area (Å²) in [5.41, 5.74) is 0. The molecular weight excluding hydrogens is 316 g/mol. The van der Waals surface area contributed by atoms with Crippen LogP contribution in [-0.4, -0.2) is 5.24 Å². The van der Waals surface area contributed by atoms with Gasteiger partial charge < -0.3 is 0 Å². The first-order valence-corrected chi connectivity index (χ1v) is 9.23. The highest BCUT2D eigenvalue weighted by atomic mass is 35.5. The van der Waals surface area contributed by atoms with E-state index < -0.39 is 0 Å². The molecule has 0 saturated heterocycles. The summed E-state index contributed by atoms with van der Waals surface area (Å²) >= 11 is 5.25. The van der Waals surface area contributed by atoms with E-state index in [-0.39, 0.29) is 5.24 Å². The fourth-order valence-electron chi connectivity index (χ4n) is 1.84. The first-order valence-electron chi connectivity index (χ1n) is 8.85. The van der Waals surface area contributed by atoms with Gasteiger partial charge in [-0.2, -0.15) is 0 Å². The molecule has 0 saturated carbocycles. The van der Waals surface area contributed by atoms with Crippen molar-refractivity contribution in [1.29, 1.82) is 0 Å². The number of carbonyl (C=O) groups excluding carboxylic acids is 1. The lowest BCUT2D eigenvalue weighted by atomic mass is 10.2. The van der Waals surface area contributed by atoms with Gasteiger partial charge in [0.05, 0.1) is 0 Å². The van der Waals surface area contributed by atoms with E-state index in [1.54, 1.807) is 0 Å². The molecule has 0 heterocycles. The van der Waals surface area contributed by atoms with Gasteiger partial charge in [0, 0.05) is 6.42 Å². The molecule has 0 fully saturated rings. The predicted molar refractivity (Wildman–Crippen MR) is 108 cm³/mol. The second kappa shape index (κ2) is 19.4.